The first-order valence-corrected chi connectivity index (χ1v) is 12.7. The van der Waals surface area contributed by atoms with Crippen LogP contribution in [0.3, 0.4) is 0 Å². The monoisotopic (exact) mass is 554 g/mol. The molecule has 0 atom stereocenters. The number of halogens is 2. The van der Waals surface area contributed by atoms with Gasteiger partial charge in [-0.3, -0.25) is 14.4 Å². The van der Waals surface area contributed by atoms with Crippen molar-refractivity contribution in [1.82, 2.24) is 15.3 Å². The summed E-state index contributed by atoms with van der Waals surface area (Å²) in [6.45, 7) is -0.303. The predicted octanol–water partition coefficient (Wildman–Crippen LogP) is 4.76. The van der Waals surface area contributed by atoms with E-state index in [0.29, 0.717) is 33.5 Å². The largest absolute Gasteiger partial charge is 0.395 e. The van der Waals surface area contributed by atoms with Crippen LogP contribution in [0.2, 0.25) is 0 Å². The van der Waals surface area contributed by atoms with E-state index in [2.05, 4.69) is 20.6 Å². The normalized spacial score (nSPS) is 10.9. The van der Waals surface area contributed by atoms with Gasteiger partial charge in [0.25, 0.3) is 11.5 Å². The Morgan fingerprint density at radius 1 is 0.927 bits per heavy atom. The summed E-state index contributed by atoms with van der Waals surface area (Å²) in [7, 11) is 0. The summed E-state index contributed by atoms with van der Waals surface area (Å²) in [5, 5.41) is 15.5. The van der Waals surface area contributed by atoms with Gasteiger partial charge in [0.2, 0.25) is 0 Å². The van der Waals surface area contributed by atoms with Crippen molar-refractivity contribution in [2.45, 2.75) is 6.42 Å². The Bertz CT molecular complexity index is 1810. The molecule has 0 fully saturated rings. The molecule has 0 saturated heterocycles. The molecule has 3 aromatic carbocycles. The number of amides is 1. The van der Waals surface area contributed by atoms with Gasteiger partial charge in [-0.2, -0.15) is 0 Å². The van der Waals surface area contributed by atoms with Crippen molar-refractivity contribution >= 4 is 34.1 Å². The zero-order valence-electron chi connectivity index (χ0n) is 21.6. The SMILES string of the molecule is O=C(Cc1ccc(Nc2ccnc3[nH]c(=O)c(C(=O)NCCO)c(-c4ccccc4)c23)cc1)c1ccc(F)c(F)c1. The minimum atomic E-state index is -1.08. The van der Waals surface area contributed by atoms with Gasteiger partial charge in [-0.1, -0.05) is 42.5 Å². The van der Waals surface area contributed by atoms with E-state index in [1.165, 1.54) is 12.3 Å². The number of aromatic nitrogens is 2. The Morgan fingerprint density at radius 3 is 2.39 bits per heavy atom. The number of benzene rings is 3. The molecule has 5 aromatic rings. The number of aliphatic hydroxyl groups excluding tert-OH is 1. The van der Waals surface area contributed by atoms with Crippen LogP contribution in [0.5, 0.6) is 0 Å². The van der Waals surface area contributed by atoms with E-state index >= 15 is 0 Å². The number of pyridine rings is 2. The number of ketones is 1. The molecule has 0 aliphatic heterocycles. The minimum Gasteiger partial charge on any atom is -0.395 e. The fourth-order valence-corrected chi connectivity index (χ4v) is 4.51. The van der Waals surface area contributed by atoms with Crippen LogP contribution in [0.1, 0.15) is 26.3 Å². The van der Waals surface area contributed by atoms with E-state index in [0.717, 1.165) is 12.1 Å². The zero-order valence-corrected chi connectivity index (χ0v) is 21.6. The topological polar surface area (TPSA) is 124 Å². The molecular weight excluding hydrogens is 530 g/mol. The maximum atomic E-state index is 13.5. The number of hydrogen-bond donors (Lipinski definition) is 4. The van der Waals surface area contributed by atoms with E-state index in [9.17, 15) is 28.3 Å². The maximum Gasteiger partial charge on any atom is 0.263 e. The first-order valence-electron chi connectivity index (χ1n) is 12.7. The Hall–Kier alpha value is -5.22. The number of carbonyl (C=O) groups excluding carboxylic acids is 2. The van der Waals surface area contributed by atoms with E-state index in [1.807, 2.05) is 6.07 Å². The molecule has 41 heavy (non-hydrogen) atoms. The summed E-state index contributed by atoms with van der Waals surface area (Å²) in [5.74, 6) is -3.08. The number of anilines is 2. The summed E-state index contributed by atoms with van der Waals surface area (Å²) >= 11 is 0. The van der Waals surface area contributed by atoms with Crippen LogP contribution in [0.15, 0.2) is 89.9 Å². The van der Waals surface area contributed by atoms with Crippen LogP contribution in [-0.4, -0.2) is 39.9 Å². The van der Waals surface area contributed by atoms with Gasteiger partial charge in [0, 0.05) is 41.4 Å². The molecule has 0 aliphatic carbocycles. The smallest absolute Gasteiger partial charge is 0.263 e. The molecule has 8 nitrogen and oxygen atoms in total. The van der Waals surface area contributed by atoms with Gasteiger partial charge >= 0.3 is 0 Å². The lowest BCUT2D eigenvalue weighted by Gasteiger charge is -2.16. The number of carbonyl (C=O) groups is 2. The third-order valence-electron chi connectivity index (χ3n) is 6.44. The standard InChI is InChI=1S/C31H24F2N4O4/c32-22-11-8-20(17-23(22)33)25(39)16-18-6-9-21(10-7-18)36-24-12-13-34-29-27(24)26(19-4-2-1-3-5-19)28(31(41)37-29)30(40)35-14-15-38/h1-13,17,38H,14-16H2,(H,35,40)(H2,34,36,37,41). The van der Waals surface area contributed by atoms with Gasteiger partial charge in [-0.25, -0.2) is 13.8 Å². The second kappa shape index (κ2) is 11.9. The van der Waals surface area contributed by atoms with Gasteiger partial charge in [0.15, 0.2) is 17.4 Å². The number of H-pyrrole nitrogens is 1. The molecule has 4 N–H and O–H groups in total. The molecule has 1 amide bonds. The van der Waals surface area contributed by atoms with E-state index < -0.39 is 23.1 Å². The average Bonchev–Trinajstić information content (AvgIpc) is 2.98. The number of aromatic amines is 1. The number of hydrogen-bond acceptors (Lipinski definition) is 6. The molecule has 0 bridgehead atoms. The Labute approximate surface area is 232 Å². The first kappa shape index (κ1) is 27.4. The second-order valence-corrected chi connectivity index (χ2v) is 9.18. The van der Waals surface area contributed by atoms with E-state index in [4.69, 9.17) is 0 Å². The van der Waals surface area contributed by atoms with Crippen molar-refractivity contribution in [2.24, 2.45) is 0 Å². The van der Waals surface area contributed by atoms with Gasteiger partial charge in [-0.05, 0) is 47.5 Å². The third-order valence-corrected chi connectivity index (χ3v) is 6.44. The van der Waals surface area contributed by atoms with Crippen molar-refractivity contribution in [2.75, 3.05) is 18.5 Å². The highest BCUT2D eigenvalue weighted by Gasteiger charge is 2.23. The van der Waals surface area contributed by atoms with Gasteiger partial charge in [0.05, 0.1) is 12.3 Å². The highest BCUT2D eigenvalue weighted by molar-refractivity contribution is 6.12. The van der Waals surface area contributed by atoms with Crippen molar-refractivity contribution < 1.29 is 23.5 Å². The fourth-order valence-electron chi connectivity index (χ4n) is 4.51. The number of aliphatic hydroxyl groups is 1. The number of fused-ring (bicyclic) bond motifs is 1. The maximum absolute atomic E-state index is 13.5. The summed E-state index contributed by atoms with van der Waals surface area (Å²) < 4.78 is 26.8. The van der Waals surface area contributed by atoms with Crippen molar-refractivity contribution in [3.05, 3.63) is 124 Å². The molecule has 206 valence electrons. The van der Waals surface area contributed by atoms with Crippen LogP contribution >= 0.6 is 0 Å². The lowest BCUT2D eigenvalue weighted by atomic mass is 9.96. The van der Waals surface area contributed by atoms with E-state index in [-0.39, 0.29) is 42.1 Å². The second-order valence-electron chi connectivity index (χ2n) is 9.18. The molecule has 2 heterocycles. The molecule has 5 rings (SSSR count). The summed E-state index contributed by atoms with van der Waals surface area (Å²) in [6.07, 6.45) is 1.52. The lowest BCUT2D eigenvalue weighted by Crippen LogP contribution is -2.32. The van der Waals surface area contributed by atoms with Gasteiger partial charge < -0.3 is 20.7 Å². The molecule has 0 aliphatic rings. The Morgan fingerprint density at radius 2 is 1.68 bits per heavy atom. The summed E-state index contributed by atoms with van der Waals surface area (Å²) in [5.41, 5.74) is 2.50. The Balaban J connectivity index is 1.51. The number of rotatable bonds is 9. The third kappa shape index (κ3) is 5.87. The Kier molecular flexibility index (Phi) is 7.93. The fraction of sp³-hybridized carbons (Fsp3) is 0.0968. The number of nitrogens with zero attached hydrogens (tertiary/aromatic N) is 1. The highest BCUT2D eigenvalue weighted by atomic mass is 19.2. The average molecular weight is 555 g/mol. The highest BCUT2D eigenvalue weighted by Crippen LogP contribution is 2.35. The lowest BCUT2D eigenvalue weighted by molar-refractivity contribution is 0.0943. The first-order chi connectivity index (χ1) is 19.9. The quantitative estimate of drug-likeness (QED) is 0.195. The van der Waals surface area contributed by atoms with Crippen LogP contribution in [-0.2, 0) is 6.42 Å². The van der Waals surface area contributed by atoms with Gasteiger partial charge in [0.1, 0.15) is 11.2 Å². The van der Waals surface area contributed by atoms with Gasteiger partial charge in [-0.15, -0.1) is 0 Å². The van der Waals surface area contributed by atoms with Crippen LogP contribution in [0, 0.1) is 11.6 Å². The molecule has 10 heteroatoms. The molecule has 0 saturated carbocycles. The number of Topliss-reactive ketones (excluding diaryl/α,β-unsaturated/α-hetero) is 1. The predicted molar refractivity (Wildman–Crippen MR) is 151 cm³/mol. The van der Waals surface area contributed by atoms with E-state index in [1.54, 1.807) is 54.6 Å². The molecule has 2 aromatic heterocycles. The van der Waals surface area contributed by atoms with Crippen molar-refractivity contribution in [3.8, 4) is 11.1 Å². The van der Waals surface area contributed by atoms with Crippen LogP contribution in [0.25, 0.3) is 22.2 Å². The van der Waals surface area contributed by atoms with Crippen molar-refractivity contribution in [1.29, 1.82) is 0 Å². The molecule has 0 spiro atoms. The molecule has 0 radical (unpaired) electrons. The van der Waals surface area contributed by atoms with Crippen LogP contribution in [0.4, 0.5) is 20.2 Å². The molecule has 0 unspecified atom stereocenters. The molecular formula is C31H24F2N4O4. The summed E-state index contributed by atoms with van der Waals surface area (Å²) in [4.78, 5) is 45.7. The zero-order chi connectivity index (χ0) is 28.9. The van der Waals surface area contributed by atoms with Crippen molar-refractivity contribution in [3.63, 3.8) is 0 Å². The minimum absolute atomic E-state index is 0.00472. The summed E-state index contributed by atoms with van der Waals surface area (Å²) in [6, 6.07) is 20.7. The van der Waals surface area contributed by atoms with Crippen LogP contribution < -0.4 is 16.2 Å². The number of nitrogens with one attached hydrogen (secondary N) is 3.